The Bertz CT molecular complexity index is 377. The van der Waals surface area contributed by atoms with Crippen LogP contribution in [0.1, 0.15) is 31.7 Å². The molecule has 17 heavy (non-hydrogen) atoms. The molecule has 4 N–H and O–H groups in total. The van der Waals surface area contributed by atoms with E-state index in [1.165, 1.54) is 0 Å². The Kier molecular flexibility index (Phi) is 4.97. The van der Waals surface area contributed by atoms with Gasteiger partial charge in [-0.1, -0.05) is 12.1 Å². The third kappa shape index (κ3) is 4.44. The molecule has 2 atom stereocenters. The van der Waals surface area contributed by atoms with Crippen molar-refractivity contribution in [3.8, 4) is 0 Å². The number of carbonyl (C=O) groups excluding carboxylic acids is 1. The zero-order valence-corrected chi connectivity index (χ0v) is 10.3. The van der Waals surface area contributed by atoms with Crippen LogP contribution in [0.5, 0.6) is 0 Å². The molecule has 0 saturated heterocycles. The summed E-state index contributed by atoms with van der Waals surface area (Å²) < 4.78 is 0. The largest absolute Gasteiger partial charge is 0.399 e. The van der Waals surface area contributed by atoms with Crippen LogP contribution in [0.4, 0.5) is 5.69 Å². The fourth-order valence-corrected chi connectivity index (χ4v) is 1.54. The Labute approximate surface area is 102 Å². The number of carbonyl (C=O) groups is 1. The van der Waals surface area contributed by atoms with E-state index >= 15 is 0 Å². The Morgan fingerprint density at radius 1 is 1.47 bits per heavy atom. The number of nitrogen functional groups attached to an aromatic ring is 1. The van der Waals surface area contributed by atoms with Gasteiger partial charge in [0, 0.05) is 12.2 Å². The van der Waals surface area contributed by atoms with Crippen molar-refractivity contribution in [2.75, 3.05) is 12.3 Å². The van der Waals surface area contributed by atoms with E-state index in [4.69, 9.17) is 10.8 Å². The predicted molar refractivity (Wildman–Crippen MR) is 68.6 cm³/mol. The van der Waals surface area contributed by atoms with Crippen LogP contribution in [-0.4, -0.2) is 23.7 Å². The van der Waals surface area contributed by atoms with Gasteiger partial charge in [0.15, 0.2) is 0 Å². The van der Waals surface area contributed by atoms with Gasteiger partial charge in [0.05, 0.1) is 12.0 Å². The molecule has 0 aromatic heterocycles. The number of hydrogen-bond donors (Lipinski definition) is 3. The first-order chi connectivity index (χ1) is 8.00. The molecule has 0 fully saturated rings. The van der Waals surface area contributed by atoms with Crippen LogP contribution in [-0.2, 0) is 4.79 Å². The average molecular weight is 236 g/mol. The molecule has 4 heteroatoms. The number of aliphatic hydroxyl groups is 1. The molecule has 0 radical (unpaired) electrons. The van der Waals surface area contributed by atoms with Gasteiger partial charge < -0.3 is 16.2 Å². The molecule has 2 unspecified atom stereocenters. The fraction of sp³-hybridized carbons (Fsp3) is 0.462. The third-order valence-electron chi connectivity index (χ3n) is 2.67. The van der Waals surface area contributed by atoms with Crippen LogP contribution in [0.3, 0.4) is 0 Å². The highest BCUT2D eigenvalue weighted by Gasteiger charge is 2.14. The number of benzene rings is 1. The van der Waals surface area contributed by atoms with Crippen molar-refractivity contribution in [2.45, 2.75) is 32.3 Å². The first-order valence-corrected chi connectivity index (χ1v) is 5.82. The number of anilines is 1. The number of amides is 1. The normalized spacial score (nSPS) is 14.1. The molecule has 1 aromatic rings. The maximum absolute atomic E-state index is 11.8. The van der Waals surface area contributed by atoms with Gasteiger partial charge in [0.25, 0.3) is 0 Å². The average Bonchev–Trinajstić information content (AvgIpc) is 2.27. The number of aliphatic hydroxyl groups excluding tert-OH is 1. The second-order valence-electron chi connectivity index (χ2n) is 4.32. The maximum Gasteiger partial charge on any atom is 0.227 e. The minimum absolute atomic E-state index is 0.0451. The summed E-state index contributed by atoms with van der Waals surface area (Å²) in [6.07, 6.45) is 0.174. The SMILES string of the molecule is CC(O)CCNC(=O)C(C)c1cccc(N)c1. The monoisotopic (exact) mass is 236 g/mol. The van der Waals surface area contributed by atoms with Gasteiger partial charge in [-0.3, -0.25) is 4.79 Å². The van der Waals surface area contributed by atoms with Crippen LogP contribution >= 0.6 is 0 Å². The second-order valence-corrected chi connectivity index (χ2v) is 4.32. The molecule has 0 heterocycles. The fourth-order valence-electron chi connectivity index (χ4n) is 1.54. The number of nitrogens with two attached hydrogens (primary N) is 1. The summed E-state index contributed by atoms with van der Waals surface area (Å²) >= 11 is 0. The summed E-state index contributed by atoms with van der Waals surface area (Å²) in [5.74, 6) is -0.274. The second kappa shape index (κ2) is 6.25. The van der Waals surface area contributed by atoms with Crippen molar-refractivity contribution in [3.05, 3.63) is 29.8 Å². The molecule has 0 bridgehead atoms. The zero-order chi connectivity index (χ0) is 12.8. The molecule has 1 aromatic carbocycles. The van der Waals surface area contributed by atoms with Crippen molar-refractivity contribution in [3.63, 3.8) is 0 Å². The van der Waals surface area contributed by atoms with Gasteiger partial charge in [-0.25, -0.2) is 0 Å². The van der Waals surface area contributed by atoms with Gasteiger partial charge in [-0.2, -0.15) is 0 Å². The minimum atomic E-state index is -0.391. The van der Waals surface area contributed by atoms with Crippen LogP contribution in [0.2, 0.25) is 0 Å². The van der Waals surface area contributed by atoms with Crippen molar-refractivity contribution in [1.82, 2.24) is 5.32 Å². The van der Waals surface area contributed by atoms with E-state index < -0.39 is 6.10 Å². The first-order valence-electron chi connectivity index (χ1n) is 5.82. The van der Waals surface area contributed by atoms with E-state index in [0.717, 1.165) is 5.56 Å². The van der Waals surface area contributed by atoms with Crippen molar-refractivity contribution >= 4 is 11.6 Å². The third-order valence-corrected chi connectivity index (χ3v) is 2.67. The van der Waals surface area contributed by atoms with Crippen LogP contribution < -0.4 is 11.1 Å². The lowest BCUT2D eigenvalue weighted by atomic mass is 10.00. The lowest BCUT2D eigenvalue weighted by molar-refractivity contribution is -0.122. The van der Waals surface area contributed by atoms with E-state index in [1.54, 1.807) is 19.1 Å². The highest BCUT2D eigenvalue weighted by atomic mass is 16.3. The molecule has 0 spiro atoms. The standard InChI is InChI=1S/C13H20N2O2/c1-9(16)6-7-15-13(17)10(2)11-4-3-5-12(14)8-11/h3-5,8-10,16H,6-7,14H2,1-2H3,(H,15,17). The molecular weight excluding hydrogens is 216 g/mol. The zero-order valence-electron chi connectivity index (χ0n) is 10.3. The number of nitrogens with one attached hydrogen (secondary N) is 1. The van der Waals surface area contributed by atoms with Crippen LogP contribution in [0.15, 0.2) is 24.3 Å². The van der Waals surface area contributed by atoms with Crippen molar-refractivity contribution < 1.29 is 9.90 Å². The van der Waals surface area contributed by atoms with E-state index in [9.17, 15) is 4.79 Å². The summed E-state index contributed by atoms with van der Waals surface area (Å²) in [6, 6.07) is 7.32. The predicted octanol–water partition coefficient (Wildman–Crippen LogP) is 1.26. The molecule has 1 rings (SSSR count). The van der Waals surface area contributed by atoms with Gasteiger partial charge in [0.1, 0.15) is 0 Å². The Hall–Kier alpha value is -1.55. The van der Waals surface area contributed by atoms with E-state index in [2.05, 4.69) is 5.32 Å². The Balaban J connectivity index is 2.52. The minimum Gasteiger partial charge on any atom is -0.399 e. The Morgan fingerprint density at radius 2 is 2.18 bits per heavy atom. The summed E-state index contributed by atoms with van der Waals surface area (Å²) in [4.78, 5) is 11.8. The van der Waals surface area contributed by atoms with Gasteiger partial charge in [-0.05, 0) is 38.0 Å². The molecule has 0 saturated carbocycles. The van der Waals surface area contributed by atoms with Gasteiger partial charge in [-0.15, -0.1) is 0 Å². The maximum atomic E-state index is 11.8. The smallest absolute Gasteiger partial charge is 0.227 e. The molecule has 1 amide bonds. The van der Waals surface area contributed by atoms with E-state index in [1.807, 2.05) is 19.1 Å². The highest BCUT2D eigenvalue weighted by Crippen LogP contribution is 2.17. The number of rotatable bonds is 5. The molecule has 0 aliphatic carbocycles. The highest BCUT2D eigenvalue weighted by molar-refractivity contribution is 5.83. The van der Waals surface area contributed by atoms with Gasteiger partial charge >= 0.3 is 0 Å². The van der Waals surface area contributed by atoms with E-state index in [0.29, 0.717) is 18.7 Å². The molecule has 0 aliphatic rings. The number of hydrogen-bond acceptors (Lipinski definition) is 3. The molecule has 4 nitrogen and oxygen atoms in total. The summed E-state index contributed by atoms with van der Waals surface area (Å²) in [5.41, 5.74) is 7.23. The summed E-state index contributed by atoms with van der Waals surface area (Å²) in [5, 5.41) is 11.9. The van der Waals surface area contributed by atoms with Crippen molar-refractivity contribution in [2.24, 2.45) is 0 Å². The van der Waals surface area contributed by atoms with Gasteiger partial charge in [0.2, 0.25) is 5.91 Å². The summed E-state index contributed by atoms with van der Waals surface area (Å²) in [6.45, 7) is 4.03. The quantitative estimate of drug-likeness (QED) is 0.674. The molecule has 94 valence electrons. The van der Waals surface area contributed by atoms with Crippen molar-refractivity contribution in [1.29, 1.82) is 0 Å². The summed E-state index contributed by atoms with van der Waals surface area (Å²) in [7, 11) is 0. The Morgan fingerprint density at radius 3 is 2.76 bits per heavy atom. The van der Waals surface area contributed by atoms with Crippen LogP contribution in [0, 0.1) is 0 Å². The molecule has 0 aliphatic heterocycles. The lowest BCUT2D eigenvalue weighted by Crippen LogP contribution is -2.30. The van der Waals surface area contributed by atoms with E-state index in [-0.39, 0.29) is 11.8 Å². The lowest BCUT2D eigenvalue weighted by Gasteiger charge is -2.13. The topological polar surface area (TPSA) is 75.3 Å². The van der Waals surface area contributed by atoms with Crippen LogP contribution in [0.25, 0.3) is 0 Å². The first kappa shape index (κ1) is 13.5. The molecular formula is C13H20N2O2.